The summed E-state index contributed by atoms with van der Waals surface area (Å²) in [6.45, 7) is 2.00. The fourth-order valence-corrected chi connectivity index (χ4v) is 4.94. The van der Waals surface area contributed by atoms with Gasteiger partial charge in [0.15, 0.2) is 11.2 Å². The maximum Gasteiger partial charge on any atom is 0.534 e. The Bertz CT molecular complexity index is 1450. The minimum Gasteiger partial charge on any atom is -0.374 e. The van der Waals surface area contributed by atoms with Gasteiger partial charge in [-0.1, -0.05) is 43.3 Å². The van der Waals surface area contributed by atoms with Crippen LogP contribution in [0.15, 0.2) is 65.5 Å². The predicted molar refractivity (Wildman–Crippen MR) is 116 cm³/mol. The molecule has 0 spiro atoms. The molecule has 0 bridgehead atoms. The van der Waals surface area contributed by atoms with E-state index in [-0.39, 0.29) is 10.1 Å². The molecule has 0 atom stereocenters. The molecule has 4 nitrogen and oxygen atoms in total. The largest absolute Gasteiger partial charge is 0.534 e. The lowest BCUT2D eigenvalue weighted by atomic mass is 9.99. The van der Waals surface area contributed by atoms with E-state index in [0.717, 1.165) is 29.4 Å². The third-order valence-electron chi connectivity index (χ3n) is 4.85. The highest BCUT2D eigenvalue weighted by Crippen LogP contribution is 2.39. The fourth-order valence-electron chi connectivity index (χ4n) is 3.27. The first-order valence-electron chi connectivity index (χ1n) is 9.21. The summed E-state index contributed by atoms with van der Waals surface area (Å²) in [5, 5.41) is 0.505. The number of hydrogen-bond donors (Lipinski definition) is 0. The molecule has 0 aliphatic heterocycles. The van der Waals surface area contributed by atoms with Gasteiger partial charge in [0.2, 0.25) is 0 Å². The first-order chi connectivity index (χ1) is 14.6. The number of aryl methyl sites for hydroxylation is 1. The summed E-state index contributed by atoms with van der Waals surface area (Å²) in [7, 11) is -5.89. The van der Waals surface area contributed by atoms with Crippen molar-refractivity contribution in [3.05, 3.63) is 76.5 Å². The number of halogens is 3. The average Bonchev–Trinajstić information content (AvgIpc) is 2.73. The van der Waals surface area contributed by atoms with Gasteiger partial charge in [-0.25, -0.2) is 0 Å². The van der Waals surface area contributed by atoms with E-state index in [1.54, 1.807) is 24.3 Å². The SMILES string of the molecule is CCc1ccc(-c2ccc(OS(=O)(=O)C(F)(F)F)c3sc4ccccc4c(=O)c23)cc1. The lowest BCUT2D eigenvalue weighted by Crippen LogP contribution is -2.28. The summed E-state index contributed by atoms with van der Waals surface area (Å²) in [6, 6.07) is 16.6. The minimum atomic E-state index is -5.89. The van der Waals surface area contributed by atoms with Crippen molar-refractivity contribution < 1.29 is 25.8 Å². The molecule has 0 saturated heterocycles. The molecule has 4 aromatic rings. The molecule has 9 heteroatoms. The number of alkyl halides is 3. The highest BCUT2D eigenvalue weighted by atomic mass is 32.2. The Kier molecular flexibility index (Phi) is 5.26. The lowest BCUT2D eigenvalue weighted by Gasteiger charge is -2.14. The van der Waals surface area contributed by atoms with Gasteiger partial charge in [0, 0.05) is 10.1 Å². The monoisotopic (exact) mass is 464 g/mol. The molecule has 0 amide bonds. The molecule has 0 radical (unpaired) electrons. The van der Waals surface area contributed by atoms with Crippen LogP contribution >= 0.6 is 11.3 Å². The van der Waals surface area contributed by atoms with Crippen molar-refractivity contribution in [1.29, 1.82) is 0 Å². The second-order valence-corrected chi connectivity index (χ2v) is 9.37. The van der Waals surface area contributed by atoms with Crippen molar-refractivity contribution in [3.63, 3.8) is 0 Å². The van der Waals surface area contributed by atoms with Gasteiger partial charge < -0.3 is 4.18 Å². The molecule has 0 aliphatic carbocycles. The molecule has 0 unspecified atom stereocenters. The third-order valence-corrected chi connectivity index (χ3v) is 7.00. The Hall–Kier alpha value is -2.91. The summed E-state index contributed by atoms with van der Waals surface area (Å²) in [5.41, 5.74) is -3.74. The van der Waals surface area contributed by atoms with Crippen molar-refractivity contribution in [1.82, 2.24) is 0 Å². The smallest absolute Gasteiger partial charge is 0.374 e. The summed E-state index contributed by atoms with van der Waals surface area (Å²) in [5.74, 6) is -0.533. The maximum atomic E-state index is 13.3. The predicted octanol–water partition coefficient (Wildman–Crippen LogP) is 5.87. The summed E-state index contributed by atoms with van der Waals surface area (Å²) in [4.78, 5) is 13.3. The van der Waals surface area contributed by atoms with Gasteiger partial charge in [0.1, 0.15) is 0 Å². The van der Waals surface area contributed by atoms with Crippen LogP contribution in [0.4, 0.5) is 13.2 Å². The molecule has 0 saturated carbocycles. The van der Waals surface area contributed by atoms with Crippen LogP contribution < -0.4 is 9.61 Å². The highest BCUT2D eigenvalue weighted by molar-refractivity contribution is 7.88. The maximum absolute atomic E-state index is 13.3. The van der Waals surface area contributed by atoms with E-state index in [9.17, 15) is 26.4 Å². The van der Waals surface area contributed by atoms with Crippen molar-refractivity contribution in [2.24, 2.45) is 0 Å². The van der Waals surface area contributed by atoms with Gasteiger partial charge in [-0.3, -0.25) is 4.79 Å². The third kappa shape index (κ3) is 3.79. The van der Waals surface area contributed by atoms with Crippen LogP contribution in [0.1, 0.15) is 12.5 Å². The first kappa shape index (κ1) is 21.3. The quantitative estimate of drug-likeness (QED) is 0.215. The topological polar surface area (TPSA) is 60.4 Å². The molecule has 0 fully saturated rings. The summed E-state index contributed by atoms with van der Waals surface area (Å²) in [6.07, 6.45) is 0.822. The Morgan fingerprint density at radius 3 is 2.29 bits per heavy atom. The van der Waals surface area contributed by atoms with Crippen LogP contribution in [0.5, 0.6) is 5.75 Å². The van der Waals surface area contributed by atoms with Gasteiger partial charge >= 0.3 is 15.6 Å². The molecule has 1 aromatic heterocycles. The van der Waals surface area contributed by atoms with Gasteiger partial charge in [-0.15, -0.1) is 11.3 Å². The van der Waals surface area contributed by atoms with E-state index in [2.05, 4.69) is 4.18 Å². The molecule has 0 N–H and O–H groups in total. The molecule has 0 aliphatic rings. The Morgan fingerprint density at radius 2 is 1.65 bits per heavy atom. The second kappa shape index (κ2) is 7.65. The first-order valence-corrected chi connectivity index (χ1v) is 11.4. The molecule has 1 heterocycles. The van der Waals surface area contributed by atoms with Crippen molar-refractivity contribution in [3.8, 4) is 16.9 Å². The fraction of sp³-hybridized carbons (Fsp3) is 0.136. The summed E-state index contributed by atoms with van der Waals surface area (Å²) < 4.78 is 66.9. The molecule has 4 rings (SSSR count). The van der Waals surface area contributed by atoms with E-state index >= 15 is 0 Å². The normalized spacial score (nSPS) is 12.4. The van der Waals surface area contributed by atoms with Crippen LogP contribution in [0.2, 0.25) is 0 Å². The molecular formula is C22H15F3O4S2. The van der Waals surface area contributed by atoms with E-state index in [1.807, 2.05) is 31.2 Å². The number of rotatable bonds is 4. The Morgan fingerprint density at radius 1 is 0.968 bits per heavy atom. The van der Waals surface area contributed by atoms with Crippen molar-refractivity contribution in [2.75, 3.05) is 0 Å². The molecule has 3 aromatic carbocycles. The standard InChI is InChI=1S/C22H15F3O4S2/c1-2-13-7-9-14(10-8-13)15-11-12-17(29-31(27,28)22(23,24)25)21-19(15)20(26)16-5-3-4-6-18(16)30-21/h3-12H,2H2,1H3. The summed E-state index contributed by atoms with van der Waals surface area (Å²) >= 11 is 1.00. The average molecular weight is 464 g/mol. The van der Waals surface area contributed by atoms with Gasteiger partial charge in [-0.2, -0.15) is 21.6 Å². The number of fused-ring (bicyclic) bond motifs is 2. The van der Waals surface area contributed by atoms with Gasteiger partial charge in [0.05, 0.1) is 10.1 Å². The minimum absolute atomic E-state index is 0.0357. The van der Waals surface area contributed by atoms with Crippen LogP contribution in [0.3, 0.4) is 0 Å². The Balaban J connectivity index is 2.05. The van der Waals surface area contributed by atoms with Crippen LogP contribution in [-0.4, -0.2) is 13.9 Å². The molecule has 160 valence electrons. The highest BCUT2D eigenvalue weighted by Gasteiger charge is 2.48. The second-order valence-electron chi connectivity index (χ2n) is 6.78. The van der Waals surface area contributed by atoms with E-state index in [4.69, 9.17) is 0 Å². The zero-order valence-electron chi connectivity index (χ0n) is 16.1. The lowest BCUT2D eigenvalue weighted by molar-refractivity contribution is -0.0499. The van der Waals surface area contributed by atoms with E-state index in [0.29, 0.717) is 21.2 Å². The van der Waals surface area contributed by atoms with E-state index in [1.165, 1.54) is 6.07 Å². The number of hydrogen-bond acceptors (Lipinski definition) is 5. The van der Waals surface area contributed by atoms with Crippen LogP contribution in [0.25, 0.3) is 31.3 Å². The van der Waals surface area contributed by atoms with E-state index < -0.39 is 26.8 Å². The van der Waals surface area contributed by atoms with Gasteiger partial charge in [-0.05, 0) is 47.4 Å². The molecule has 31 heavy (non-hydrogen) atoms. The van der Waals surface area contributed by atoms with Crippen molar-refractivity contribution in [2.45, 2.75) is 18.9 Å². The van der Waals surface area contributed by atoms with Crippen molar-refractivity contribution >= 4 is 41.6 Å². The zero-order valence-corrected chi connectivity index (χ0v) is 17.7. The molecular weight excluding hydrogens is 449 g/mol. The Labute approximate surface area is 179 Å². The van der Waals surface area contributed by atoms with Gasteiger partial charge in [0.25, 0.3) is 0 Å². The number of benzene rings is 3. The van der Waals surface area contributed by atoms with Crippen LogP contribution in [0, 0.1) is 0 Å². The zero-order chi connectivity index (χ0) is 22.4. The van der Waals surface area contributed by atoms with Crippen LogP contribution in [-0.2, 0) is 16.5 Å².